The monoisotopic (exact) mass is 239 g/mol. The zero-order valence-corrected chi connectivity index (χ0v) is 10.6. The van der Waals surface area contributed by atoms with E-state index in [1.165, 1.54) is 17.7 Å². The Hall–Kier alpha value is -1.06. The molecule has 2 rings (SSSR count). The number of carboxylic acid groups (broad SMARTS) is 1. The van der Waals surface area contributed by atoms with Gasteiger partial charge < -0.3 is 10.0 Å². The second-order valence-electron chi connectivity index (χ2n) is 5.85. The summed E-state index contributed by atoms with van der Waals surface area (Å²) < 4.78 is 0. The summed E-state index contributed by atoms with van der Waals surface area (Å²) in [6.07, 6.45) is 3.51. The molecule has 0 saturated heterocycles. The average Bonchev–Trinajstić information content (AvgIpc) is 3.04. The molecule has 96 valence electrons. The van der Waals surface area contributed by atoms with Gasteiger partial charge in [0.1, 0.15) is 6.54 Å². The van der Waals surface area contributed by atoms with Gasteiger partial charge in [0.05, 0.1) is 0 Å². The van der Waals surface area contributed by atoms with Crippen molar-refractivity contribution < 1.29 is 14.7 Å². The lowest BCUT2D eigenvalue weighted by molar-refractivity contribution is -0.145. The van der Waals surface area contributed by atoms with Gasteiger partial charge in [0.25, 0.3) is 0 Å². The van der Waals surface area contributed by atoms with Gasteiger partial charge in [-0.1, -0.05) is 13.8 Å². The van der Waals surface area contributed by atoms with Crippen molar-refractivity contribution in [3.8, 4) is 0 Å². The first-order valence-electron chi connectivity index (χ1n) is 6.49. The molecule has 2 aliphatic carbocycles. The quantitative estimate of drug-likeness (QED) is 0.766. The molecular weight excluding hydrogens is 218 g/mol. The largest absolute Gasteiger partial charge is 0.480 e. The van der Waals surface area contributed by atoms with Crippen LogP contribution >= 0.6 is 0 Å². The lowest BCUT2D eigenvalue weighted by Crippen LogP contribution is -2.39. The number of carboxylic acids is 1. The van der Waals surface area contributed by atoms with E-state index in [9.17, 15) is 9.59 Å². The molecule has 2 atom stereocenters. The molecule has 4 heteroatoms. The maximum atomic E-state index is 12.2. The van der Waals surface area contributed by atoms with Crippen LogP contribution in [0.2, 0.25) is 0 Å². The van der Waals surface area contributed by atoms with Crippen LogP contribution in [-0.2, 0) is 9.59 Å². The van der Waals surface area contributed by atoms with E-state index in [1.807, 2.05) is 13.8 Å². The minimum Gasteiger partial charge on any atom is -0.480 e. The van der Waals surface area contributed by atoms with Crippen molar-refractivity contribution in [2.75, 3.05) is 13.1 Å². The van der Waals surface area contributed by atoms with E-state index in [-0.39, 0.29) is 18.4 Å². The van der Waals surface area contributed by atoms with Gasteiger partial charge in [0.15, 0.2) is 0 Å². The molecule has 4 nitrogen and oxygen atoms in total. The fourth-order valence-electron chi connectivity index (χ4n) is 2.61. The van der Waals surface area contributed by atoms with Crippen LogP contribution in [-0.4, -0.2) is 35.0 Å². The standard InChI is InChI=1S/C13H21NO3/c1-8(2)6-14(7-12(15)16)13(17)11-5-10(11)9-3-4-9/h8-11H,3-7H2,1-2H3,(H,15,16)/t10-,11-/m1/s1. The SMILES string of the molecule is CC(C)CN(CC(=O)O)C(=O)[C@@H]1C[C@@H]1C1CC1. The van der Waals surface area contributed by atoms with E-state index in [2.05, 4.69) is 0 Å². The van der Waals surface area contributed by atoms with Gasteiger partial charge in [-0.2, -0.15) is 0 Å². The molecule has 0 radical (unpaired) electrons. The van der Waals surface area contributed by atoms with Gasteiger partial charge in [-0.05, 0) is 37.0 Å². The van der Waals surface area contributed by atoms with Crippen LogP contribution in [0.5, 0.6) is 0 Å². The molecule has 0 spiro atoms. The fraction of sp³-hybridized carbons (Fsp3) is 0.846. The third-order valence-electron chi connectivity index (χ3n) is 3.61. The molecule has 0 heterocycles. The van der Waals surface area contributed by atoms with Crippen LogP contribution in [0.15, 0.2) is 0 Å². The number of hydrogen-bond donors (Lipinski definition) is 1. The Bertz CT molecular complexity index is 323. The molecule has 2 saturated carbocycles. The molecular formula is C13H21NO3. The van der Waals surface area contributed by atoms with Crippen LogP contribution in [0.4, 0.5) is 0 Å². The maximum Gasteiger partial charge on any atom is 0.323 e. The Morgan fingerprint density at radius 1 is 1.35 bits per heavy atom. The summed E-state index contributed by atoms with van der Waals surface area (Å²) in [4.78, 5) is 24.5. The second-order valence-corrected chi connectivity index (χ2v) is 5.85. The highest BCUT2D eigenvalue weighted by molar-refractivity contribution is 5.85. The van der Waals surface area contributed by atoms with E-state index < -0.39 is 5.97 Å². The first-order chi connectivity index (χ1) is 7.99. The van der Waals surface area contributed by atoms with Gasteiger partial charge in [0, 0.05) is 12.5 Å². The Morgan fingerprint density at radius 3 is 2.47 bits per heavy atom. The molecule has 0 aromatic carbocycles. The van der Waals surface area contributed by atoms with Crippen LogP contribution < -0.4 is 0 Å². The summed E-state index contributed by atoms with van der Waals surface area (Å²) in [5, 5.41) is 8.84. The smallest absolute Gasteiger partial charge is 0.323 e. The highest BCUT2D eigenvalue weighted by Crippen LogP contribution is 2.54. The van der Waals surface area contributed by atoms with Crippen molar-refractivity contribution in [2.24, 2.45) is 23.7 Å². The highest BCUT2D eigenvalue weighted by Gasteiger charge is 2.52. The molecule has 17 heavy (non-hydrogen) atoms. The Labute approximate surface area is 102 Å². The third-order valence-corrected chi connectivity index (χ3v) is 3.61. The van der Waals surface area contributed by atoms with Crippen LogP contribution in [0.3, 0.4) is 0 Å². The summed E-state index contributed by atoms with van der Waals surface area (Å²) in [5.41, 5.74) is 0. The van der Waals surface area contributed by atoms with Gasteiger partial charge in [-0.3, -0.25) is 9.59 Å². The molecule has 0 aromatic heterocycles. The lowest BCUT2D eigenvalue weighted by Gasteiger charge is -2.23. The second kappa shape index (κ2) is 4.67. The van der Waals surface area contributed by atoms with Gasteiger partial charge in [0.2, 0.25) is 5.91 Å². The lowest BCUT2D eigenvalue weighted by atomic mass is 10.1. The molecule has 0 unspecified atom stereocenters. The van der Waals surface area contributed by atoms with Crippen molar-refractivity contribution in [2.45, 2.75) is 33.1 Å². The topological polar surface area (TPSA) is 57.6 Å². The van der Waals surface area contributed by atoms with Gasteiger partial charge in [-0.15, -0.1) is 0 Å². The van der Waals surface area contributed by atoms with Crippen molar-refractivity contribution in [3.63, 3.8) is 0 Å². The van der Waals surface area contributed by atoms with E-state index in [0.717, 1.165) is 12.3 Å². The number of hydrogen-bond acceptors (Lipinski definition) is 2. The van der Waals surface area contributed by atoms with Crippen molar-refractivity contribution in [3.05, 3.63) is 0 Å². The molecule has 1 N–H and O–H groups in total. The average molecular weight is 239 g/mol. The van der Waals surface area contributed by atoms with Crippen molar-refractivity contribution >= 4 is 11.9 Å². The van der Waals surface area contributed by atoms with Crippen LogP contribution in [0.1, 0.15) is 33.1 Å². The minimum absolute atomic E-state index is 0.0676. The highest BCUT2D eigenvalue weighted by atomic mass is 16.4. The molecule has 1 amide bonds. The first-order valence-corrected chi connectivity index (χ1v) is 6.49. The number of amides is 1. The van der Waals surface area contributed by atoms with E-state index >= 15 is 0 Å². The summed E-state index contributed by atoms with van der Waals surface area (Å²) >= 11 is 0. The molecule has 0 bridgehead atoms. The predicted octanol–water partition coefficient (Wildman–Crippen LogP) is 1.60. The molecule has 2 aliphatic rings. The fourth-order valence-corrected chi connectivity index (χ4v) is 2.61. The maximum absolute atomic E-state index is 12.2. The molecule has 2 fully saturated rings. The predicted molar refractivity (Wildman–Crippen MR) is 63.4 cm³/mol. The summed E-state index contributed by atoms with van der Waals surface area (Å²) in [6, 6.07) is 0. The normalized spacial score (nSPS) is 27.0. The number of aliphatic carboxylic acids is 1. The molecule has 0 aliphatic heterocycles. The number of carbonyl (C=O) groups is 2. The number of carbonyl (C=O) groups excluding carboxylic acids is 1. The number of nitrogens with zero attached hydrogens (tertiary/aromatic N) is 1. The molecule has 0 aromatic rings. The van der Waals surface area contributed by atoms with E-state index in [4.69, 9.17) is 5.11 Å². The Kier molecular flexibility index (Phi) is 3.40. The first kappa shape index (κ1) is 12.4. The minimum atomic E-state index is -0.914. The van der Waals surface area contributed by atoms with E-state index in [1.54, 1.807) is 0 Å². The van der Waals surface area contributed by atoms with Crippen LogP contribution in [0, 0.1) is 23.7 Å². The summed E-state index contributed by atoms with van der Waals surface area (Å²) in [7, 11) is 0. The number of rotatable bonds is 6. The Morgan fingerprint density at radius 2 is 2.00 bits per heavy atom. The zero-order chi connectivity index (χ0) is 12.6. The summed E-state index contributed by atoms with van der Waals surface area (Å²) in [6.45, 7) is 4.42. The third kappa shape index (κ3) is 3.20. The van der Waals surface area contributed by atoms with Crippen molar-refractivity contribution in [1.82, 2.24) is 4.90 Å². The Balaban J connectivity index is 1.89. The van der Waals surface area contributed by atoms with E-state index in [0.29, 0.717) is 18.4 Å². The van der Waals surface area contributed by atoms with Crippen molar-refractivity contribution in [1.29, 1.82) is 0 Å². The zero-order valence-electron chi connectivity index (χ0n) is 10.6. The van der Waals surface area contributed by atoms with Gasteiger partial charge >= 0.3 is 5.97 Å². The summed E-state index contributed by atoms with van der Waals surface area (Å²) in [5.74, 6) is 0.915. The van der Waals surface area contributed by atoms with Crippen LogP contribution in [0.25, 0.3) is 0 Å². The van der Waals surface area contributed by atoms with Gasteiger partial charge in [-0.25, -0.2) is 0 Å².